The van der Waals surface area contributed by atoms with Crippen LogP contribution in [0.15, 0.2) is 0 Å². The molecule has 11 heavy (non-hydrogen) atoms. The number of hydrogen-bond acceptors (Lipinski definition) is 4. The number of aromatic nitrogens is 3. The molecule has 0 unspecified atom stereocenters. The van der Waals surface area contributed by atoms with E-state index in [9.17, 15) is 0 Å². The summed E-state index contributed by atoms with van der Waals surface area (Å²) in [4.78, 5) is 6.08. The molecular formula is C6H13N5. The highest BCUT2D eigenvalue weighted by atomic mass is 15.4. The largest absolute Gasteiger partial charge is 0.347 e. The number of aryl methyl sites for hydroxylation is 1. The lowest BCUT2D eigenvalue weighted by molar-refractivity contribution is 0.733. The van der Waals surface area contributed by atoms with E-state index in [2.05, 4.69) is 10.1 Å². The molecule has 0 aliphatic heterocycles. The maximum Gasteiger partial charge on any atom is 0.223 e. The highest BCUT2D eigenvalue weighted by molar-refractivity contribution is 5.26. The smallest absolute Gasteiger partial charge is 0.223 e. The fourth-order valence-corrected chi connectivity index (χ4v) is 0.904. The first-order valence-corrected chi connectivity index (χ1v) is 3.42. The summed E-state index contributed by atoms with van der Waals surface area (Å²) in [6.45, 7) is 0.391. The highest BCUT2D eigenvalue weighted by Crippen LogP contribution is 2.04. The van der Waals surface area contributed by atoms with Gasteiger partial charge in [0.1, 0.15) is 0 Å². The van der Waals surface area contributed by atoms with Gasteiger partial charge in [-0.3, -0.25) is 0 Å². The third kappa shape index (κ3) is 1.48. The lowest BCUT2D eigenvalue weighted by Crippen LogP contribution is -2.14. The van der Waals surface area contributed by atoms with Gasteiger partial charge in [-0.2, -0.15) is 10.1 Å². The molecule has 0 aliphatic rings. The van der Waals surface area contributed by atoms with Gasteiger partial charge in [-0.15, -0.1) is 0 Å². The maximum atomic E-state index is 5.38. The second-order valence-corrected chi connectivity index (χ2v) is 2.55. The van der Waals surface area contributed by atoms with Gasteiger partial charge in [-0.25, -0.2) is 4.68 Å². The zero-order valence-corrected chi connectivity index (χ0v) is 7.07. The van der Waals surface area contributed by atoms with E-state index in [1.54, 1.807) is 4.68 Å². The number of nitrogens with two attached hydrogens (primary N) is 1. The van der Waals surface area contributed by atoms with Crippen LogP contribution in [0.2, 0.25) is 0 Å². The standard InChI is InChI=1S/C6H13N5/c1-10(2)6-8-5(4-7)9-11(6)3/h4,7H2,1-3H3. The summed E-state index contributed by atoms with van der Waals surface area (Å²) in [6, 6.07) is 0. The summed E-state index contributed by atoms with van der Waals surface area (Å²) < 4.78 is 1.71. The lowest BCUT2D eigenvalue weighted by Gasteiger charge is -2.08. The Bertz CT molecular complexity index is 239. The molecular weight excluding hydrogens is 142 g/mol. The molecule has 0 spiro atoms. The van der Waals surface area contributed by atoms with Gasteiger partial charge < -0.3 is 10.6 Å². The number of anilines is 1. The molecule has 1 heterocycles. The van der Waals surface area contributed by atoms with Crippen LogP contribution in [0.3, 0.4) is 0 Å². The topological polar surface area (TPSA) is 60.0 Å². The van der Waals surface area contributed by atoms with Crippen molar-refractivity contribution < 1.29 is 0 Å². The van der Waals surface area contributed by atoms with E-state index in [4.69, 9.17) is 5.73 Å². The lowest BCUT2D eigenvalue weighted by atomic mass is 10.6. The van der Waals surface area contributed by atoms with Gasteiger partial charge in [-0.1, -0.05) is 0 Å². The SMILES string of the molecule is CN(C)c1nc(CN)nn1C. The molecule has 1 aromatic heterocycles. The second-order valence-electron chi connectivity index (χ2n) is 2.55. The first kappa shape index (κ1) is 8.00. The monoisotopic (exact) mass is 155 g/mol. The molecule has 0 aliphatic carbocycles. The molecule has 0 saturated carbocycles. The van der Waals surface area contributed by atoms with Crippen LogP contribution in [0.4, 0.5) is 5.95 Å². The molecule has 0 fully saturated rings. The third-order valence-electron chi connectivity index (χ3n) is 1.37. The van der Waals surface area contributed by atoms with E-state index in [0.29, 0.717) is 12.4 Å². The van der Waals surface area contributed by atoms with Gasteiger partial charge in [-0.05, 0) is 0 Å². The maximum absolute atomic E-state index is 5.38. The van der Waals surface area contributed by atoms with Crippen LogP contribution in [0.1, 0.15) is 5.82 Å². The normalized spacial score (nSPS) is 10.2. The van der Waals surface area contributed by atoms with Gasteiger partial charge in [0.15, 0.2) is 5.82 Å². The minimum atomic E-state index is 0.391. The fraction of sp³-hybridized carbons (Fsp3) is 0.667. The van der Waals surface area contributed by atoms with Crippen LogP contribution in [-0.2, 0) is 13.6 Å². The number of nitrogens with zero attached hydrogens (tertiary/aromatic N) is 4. The molecule has 0 bridgehead atoms. The molecule has 1 aromatic rings. The molecule has 0 atom stereocenters. The van der Waals surface area contributed by atoms with Crippen molar-refractivity contribution in [3.8, 4) is 0 Å². The van der Waals surface area contributed by atoms with Crippen molar-refractivity contribution in [3.05, 3.63) is 5.82 Å². The van der Waals surface area contributed by atoms with E-state index >= 15 is 0 Å². The first-order chi connectivity index (χ1) is 5.15. The Hall–Kier alpha value is -1.10. The number of hydrogen-bond donors (Lipinski definition) is 1. The summed E-state index contributed by atoms with van der Waals surface area (Å²) in [5.74, 6) is 1.50. The van der Waals surface area contributed by atoms with Gasteiger partial charge in [0.05, 0.1) is 6.54 Å². The summed E-state index contributed by atoms with van der Waals surface area (Å²) in [5, 5.41) is 4.09. The van der Waals surface area contributed by atoms with Crippen molar-refractivity contribution in [2.75, 3.05) is 19.0 Å². The molecule has 1 rings (SSSR count). The summed E-state index contributed by atoms with van der Waals surface area (Å²) >= 11 is 0. The van der Waals surface area contributed by atoms with E-state index in [1.807, 2.05) is 26.0 Å². The van der Waals surface area contributed by atoms with Gasteiger partial charge in [0, 0.05) is 21.1 Å². The minimum Gasteiger partial charge on any atom is -0.347 e. The fourth-order valence-electron chi connectivity index (χ4n) is 0.904. The van der Waals surface area contributed by atoms with Gasteiger partial charge in [0.2, 0.25) is 5.95 Å². The molecule has 0 radical (unpaired) electrons. The average Bonchev–Trinajstić information content (AvgIpc) is 2.30. The van der Waals surface area contributed by atoms with Crippen LogP contribution >= 0.6 is 0 Å². The Morgan fingerprint density at radius 3 is 2.45 bits per heavy atom. The quantitative estimate of drug-likeness (QED) is 0.616. The highest BCUT2D eigenvalue weighted by Gasteiger charge is 2.05. The molecule has 5 nitrogen and oxygen atoms in total. The number of rotatable bonds is 2. The Morgan fingerprint density at radius 2 is 2.18 bits per heavy atom. The summed E-state index contributed by atoms with van der Waals surface area (Å²) in [5.41, 5.74) is 5.38. The molecule has 2 N–H and O–H groups in total. The van der Waals surface area contributed by atoms with E-state index in [-0.39, 0.29) is 0 Å². The predicted octanol–water partition coefficient (Wildman–Crippen LogP) is -0.660. The van der Waals surface area contributed by atoms with Crippen molar-refractivity contribution in [1.82, 2.24) is 14.8 Å². The van der Waals surface area contributed by atoms with Crippen molar-refractivity contribution in [2.45, 2.75) is 6.54 Å². The van der Waals surface area contributed by atoms with Crippen molar-refractivity contribution in [3.63, 3.8) is 0 Å². The van der Waals surface area contributed by atoms with E-state index in [0.717, 1.165) is 5.95 Å². The van der Waals surface area contributed by atoms with Crippen molar-refractivity contribution in [1.29, 1.82) is 0 Å². The Morgan fingerprint density at radius 1 is 1.55 bits per heavy atom. The molecule has 62 valence electrons. The summed E-state index contributed by atoms with van der Waals surface area (Å²) in [6.07, 6.45) is 0. The second kappa shape index (κ2) is 2.87. The zero-order chi connectivity index (χ0) is 8.43. The van der Waals surface area contributed by atoms with Gasteiger partial charge in [0.25, 0.3) is 0 Å². The Kier molecular flexibility index (Phi) is 2.09. The van der Waals surface area contributed by atoms with Crippen LogP contribution in [0.5, 0.6) is 0 Å². The zero-order valence-electron chi connectivity index (χ0n) is 7.07. The van der Waals surface area contributed by atoms with E-state index < -0.39 is 0 Å². The van der Waals surface area contributed by atoms with Crippen molar-refractivity contribution >= 4 is 5.95 Å². The van der Waals surface area contributed by atoms with Crippen LogP contribution in [-0.4, -0.2) is 28.9 Å². The molecule has 0 saturated heterocycles. The molecule has 5 heteroatoms. The molecule has 0 amide bonds. The third-order valence-corrected chi connectivity index (χ3v) is 1.37. The van der Waals surface area contributed by atoms with E-state index in [1.165, 1.54) is 0 Å². The molecule has 0 aromatic carbocycles. The van der Waals surface area contributed by atoms with Crippen LogP contribution in [0, 0.1) is 0 Å². The predicted molar refractivity (Wildman–Crippen MR) is 43.2 cm³/mol. The average molecular weight is 155 g/mol. The van der Waals surface area contributed by atoms with Crippen molar-refractivity contribution in [2.24, 2.45) is 12.8 Å². The summed E-state index contributed by atoms with van der Waals surface area (Å²) in [7, 11) is 5.69. The minimum absolute atomic E-state index is 0.391. The Labute approximate surface area is 65.8 Å². The Balaban J connectivity index is 2.97. The van der Waals surface area contributed by atoms with Gasteiger partial charge >= 0.3 is 0 Å². The first-order valence-electron chi connectivity index (χ1n) is 3.42. The van der Waals surface area contributed by atoms with Crippen LogP contribution in [0.25, 0.3) is 0 Å². The van der Waals surface area contributed by atoms with Crippen LogP contribution < -0.4 is 10.6 Å².